The maximum absolute atomic E-state index is 13.6. The lowest BCUT2D eigenvalue weighted by atomic mass is 9.86. The lowest BCUT2D eigenvalue weighted by molar-refractivity contribution is 0.262. The van der Waals surface area contributed by atoms with Crippen molar-refractivity contribution in [2.75, 3.05) is 41.5 Å². The average Bonchev–Trinajstić information content (AvgIpc) is 3.74. The molecule has 0 aliphatic carbocycles. The second kappa shape index (κ2) is 14.7. The number of carbonyl (C=O) groups is 1. The highest BCUT2D eigenvalue weighted by atomic mass is 32.1. The van der Waals surface area contributed by atoms with E-state index in [1.807, 2.05) is 56.3 Å². The first-order valence-corrected chi connectivity index (χ1v) is 17.5. The van der Waals surface area contributed by atoms with E-state index in [9.17, 15) is 4.79 Å². The minimum Gasteiger partial charge on any atom is -0.492 e. The van der Waals surface area contributed by atoms with Crippen molar-refractivity contribution < 1.29 is 14.3 Å². The van der Waals surface area contributed by atoms with Gasteiger partial charge in [-0.1, -0.05) is 45.0 Å². The Balaban J connectivity index is 1.23. The van der Waals surface area contributed by atoms with Gasteiger partial charge in [-0.3, -0.25) is 4.90 Å². The van der Waals surface area contributed by atoms with Gasteiger partial charge in [0.05, 0.1) is 29.9 Å². The summed E-state index contributed by atoms with van der Waals surface area (Å²) in [5, 5.41) is 17.3. The van der Waals surface area contributed by atoms with Crippen LogP contribution in [0.25, 0.3) is 10.8 Å². The summed E-state index contributed by atoms with van der Waals surface area (Å²) in [5.74, 6) is 2.03. The van der Waals surface area contributed by atoms with Crippen molar-refractivity contribution >= 4 is 56.3 Å². The number of aromatic nitrogens is 3. The van der Waals surface area contributed by atoms with E-state index in [4.69, 9.17) is 14.5 Å². The van der Waals surface area contributed by atoms with E-state index < -0.39 is 6.03 Å². The zero-order valence-electron chi connectivity index (χ0n) is 28.9. The van der Waals surface area contributed by atoms with E-state index in [0.29, 0.717) is 34.7 Å². The van der Waals surface area contributed by atoms with Crippen LogP contribution < -0.4 is 30.7 Å². The van der Waals surface area contributed by atoms with Gasteiger partial charge in [-0.05, 0) is 75.0 Å². The number of urea groups is 1. The molecule has 5 aromatic rings. The fourth-order valence-corrected chi connectivity index (χ4v) is 6.49. The van der Waals surface area contributed by atoms with E-state index in [1.165, 1.54) is 12.8 Å². The lowest BCUT2D eigenvalue weighted by Gasteiger charge is -2.24. The number of amides is 2. The fraction of sp³-hybridized carbons (Fsp3) is 0.351. The van der Waals surface area contributed by atoms with Crippen LogP contribution in [0.15, 0.2) is 66.2 Å². The molecule has 256 valence electrons. The van der Waals surface area contributed by atoms with Crippen molar-refractivity contribution in [3.63, 3.8) is 0 Å². The third-order valence-electron chi connectivity index (χ3n) is 8.18. The van der Waals surface area contributed by atoms with Crippen molar-refractivity contribution in [2.24, 2.45) is 0 Å². The lowest BCUT2D eigenvalue weighted by Crippen LogP contribution is -2.21. The molecular weight excluding hydrogens is 637 g/mol. The van der Waals surface area contributed by atoms with Crippen molar-refractivity contribution in [1.29, 1.82) is 0 Å². The highest BCUT2D eigenvalue weighted by molar-refractivity contribution is 7.13. The van der Waals surface area contributed by atoms with Gasteiger partial charge in [0.1, 0.15) is 5.75 Å². The molecule has 0 atom stereocenters. The quantitative estimate of drug-likeness (QED) is 0.108. The highest BCUT2D eigenvalue weighted by Gasteiger charge is 2.22. The van der Waals surface area contributed by atoms with E-state index in [2.05, 4.69) is 68.4 Å². The number of ether oxygens (including phenoxy) is 2. The number of benzene rings is 3. The van der Waals surface area contributed by atoms with Crippen LogP contribution in [-0.4, -0.2) is 52.1 Å². The van der Waals surface area contributed by atoms with Crippen molar-refractivity contribution in [2.45, 2.75) is 65.5 Å². The molecule has 49 heavy (non-hydrogen) atoms. The van der Waals surface area contributed by atoms with E-state index in [-0.39, 0.29) is 11.5 Å². The van der Waals surface area contributed by atoms with Crippen LogP contribution in [0, 0.1) is 0 Å². The van der Waals surface area contributed by atoms with E-state index in [1.54, 1.807) is 30.7 Å². The van der Waals surface area contributed by atoms with Crippen LogP contribution in [0.3, 0.4) is 0 Å². The van der Waals surface area contributed by atoms with Gasteiger partial charge in [-0.15, -0.1) is 11.3 Å². The summed E-state index contributed by atoms with van der Waals surface area (Å²) in [6, 6.07) is 16.9. The Kier molecular flexibility index (Phi) is 10.2. The molecule has 3 aromatic carbocycles. The zero-order chi connectivity index (χ0) is 34.5. The standard InChI is InChI=1S/C37H44N8O3S/c1-23(2)39-34-38-16-15-32(44-34)48-31-14-13-28(26-11-7-8-12-27(26)31)41-35(46)42-29-19-24(37(3,4)5)20-30(33(29)47-6)43-36-40-25(22-49-36)21-45-17-9-10-18-45/h7-8,11-16,19-20,22-23H,9-10,17-18,21H2,1-6H3,(H,40,43)(H,38,39,44)(H2,41,42,46). The molecule has 1 aliphatic rings. The van der Waals surface area contributed by atoms with Crippen molar-refractivity contribution in [1.82, 2.24) is 19.9 Å². The first-order chi connectivity index (χ1) is 23.6. The first-order valence-electron chi connectivity index (χ1n) is 16.6. The molecule has 1 fully saturated rings. The summed E-state index contributed by atoms with van der Waals surface area (Å²) < 4.78 is 12.1. The number of rotatable bonds is 11. The van der Waals surface area contributed by atoms with Gasteiger partial charge in [0.25, 0.3) is 0 Å². The summed E-state index contributed by atoms with van der Waals surface area (Å²) in [7, 11) is 1.60. The number of anilines is 5. The predicted octanol–water partition coefficient (Wildman–Crippen LogP) is 8.99. The molecule has 6 rings (SSSR count). The van der Waals surface area contributed by atoms with Gasteiger partial charge in [0, 0.05) is 41.0 Å². The monoisotopic (exact) mass is 680 g/mol. The summed E-state index contributed by atoms with van der Waals surface area (Å²) in [6.07, 6.45) is 4.14. The Bertz CT molecular complexity index is 1930. The smallest absolute Gasteiger partial charge is 0.323 e. The number of nitrogens with zero attached hydrogens (tertiary/aromatic N) is 4. The fourth-order valence-electron chi connectivity index (χ4n) is 5.77. The third kappa shape index (κ3) is 8.38. The Morgan fingerprint density at radius 2 is 1.69 bits per heavy atom. The molecule has 0 saturated carbocycles. The zero-order valence-corrected chi connectivity index (χ0v) is 29.7. The van der Waals surface area contributed by atoms with Crippen LogP contribution in [0.4, 0.5) is 32.9 Å². The van der Waals surface area contributed by atoms with Crippen molar-refractivity contribution in [3.05, 3.63) is 77.4 Å². The molecule has 4 N–H and O–H groups in total. The molecule has 12 heteroatoms. The maximum Gasteiger partial charge on any atom is 0.323 e. The van der Waals surface area contributed by atoms with Gasteiger partial charge in [-0.2, -0.15) is 4.98 Å². The Morgan fingerprint density at radius 3 is 2.43 bits per heavy atom. The second-order valence-corrected chi connectivity index (χ2v) is 14.3. The van der Waals surface area contributed by atoms with Gasteiger partial charge >= 0.3 is 6.03 Å². The first kappa shape index (κ1) is 33.9. The number of carbonyl (C=O) groups excluding carboxylic acids is 1. The van der Waals surface area contributed by atoms with E-state index >= 15 is 0 Å². The van der Waals surface area contributed by atoms with Crippen LogP contribution >= 0.6 is 11.3 Å². The molecule has 11 nitrogen and oxygen atoms in total. The van der Waals surface area contributed by atoms with Gasteiger partial charge in [0.15, 0.2) is 10.9 Å². The number of hydrogen-bond donors (Lipinski definition) is 4. The number of nitrogens with one attached hydrogen (secondary N) is 4. The SMILES string of the molecule is COc1c(NC(=O)Nc2ccc(Oc3ccnc(NC(C)C)n3)c3ccccc23)cc(C(C)(C)C)cc1Nc1nc(CN2CCCC2)cs1. The molecule has 0 unspecified atom stereocenters. The number of thiazole rings is 1. The Hall–Kier alpha value is -4.94. The summed E-state index contributed by atoms with van der Waals surface area (Å²) in [4.78, 5) is 29.7. The van der Waals surface area contributed by atoms with Crippen molar-refractivity contribution in [3.8, 4) is 17.4 Å². The number of fused-ring (bicyclic) bond motifs is 1. The van der Waals surface area contributed by atoms with Gasteiger partial charge in [-0.25, -0.2) is 14.8 Å². The molecule has 2 aromatic heterocycles. The third-order valence-corrected chi connectivity index (χ3v) is 8.99. The van der Waals surface area contributed by atoms with Crippen LogP contribution in [-0.2, 0) is 12.0 Å². The molecule has 1 saturated heterocycles. The summed E-state index contributed by atoms with van der Waals surface area (Å²) >= 11 is 1.56. The van der Waals surface area contributed by atoms with Gasteiger partial charge < -0.3 is 30.7 Å². The average molecular weight is 681 g/mol. The number of methoxy groups -OCH3 is 1. The molecule has 0 spiro atoms. The topological polar surface area (TPSA) is 126 Å². The largest absolute Gasteiger partial charge is 0.492 e. The van der Waals surface area contributed by atoms with Crippen LogP contribution in [0.5, 0.6) is 17.4 Å². The van der Waals surface area contributed by atoms with Gasteiger partial charge in [0.2, 0.25) is 11.8 Å². The normalized spacial score (nSPS) is 13.4. The minimum atomic E-state index is -0.406. The number of likely N-dealkylation sites (tertiary alicyclic amines) is 1. The molecular formula is C37H44N8O3S. The molecule has 1 aliphatic heterocycles. The predicted molar refractivity (Wildman–Crippen MR) is 199 cm³/mol. The summed E-state index contributed by atoms with van der Waals surface area (Å²) in [6.45, 7) is 13.5. The number of hydrogen-bond acceptors (Lipinski definition) is 10. The minimum absolute atomic E-state index is 0.182. The van der Waals surface area contributed by atoms with E-state index in [0.717, 1.165) is 52.5 Å². The van der Waals surface area contributed by atoms with Crippen LogP contribution in [0.1, 0.15) is 58.7 Å². The molecule has 2 amide bonds. The molecule has 0 radical (unpaired) electrons. The second-order valence-electron chi connectivity index (χ2n) is 13.5. The molecule has 0 bridgehead atoms. The molecule has 3 heterocycles. The Labute approximate surface area is 291 Å². The van der Waals surface area contributed by atoms with Crippen LogP contribution in [0.2, 0.25) is 0 Å². The Morgan fingerprint density at radius 1 is 0.959 bits per heavy atom. The highest BCUT2D eigenvalue weighted by Crippen LogP contribution is 2.41. The summed E-state index contributed by atoms with van der Waals surface area (Å²) in [5.41, 5.74) is 3.79. The maximum atomic E-state index is 13.6.